The van der Waals surface area contributed by atoms with Crippen molar-refractivity contribution in [2.45, 2.75) is 65.6 Å². The van der Waals surface area contributed by atoms with Crippen LogP contribution in [0, 0.1) is 20.8 Å². The summed E-state index contributed by atoms with van der Waals surface area (Å²) < 4.78 is 5.57. The molecule has 0 unspecified atom stereocenters. The van der Waals surface area contributed by atoms with Gasteiger partial charge in [-0.15, -0.1) is 0 Å². The number of nitrogens with zero attached hydrogens (tertiary/aromatic N) is 4. The van der Waals surface area contributed by atoms with Crippen LogP contribution in [0.25, 0.3) is 0 Å². The lowest BCUT2D eigenvalue weighted by molar-refractivity contribution is 0.132. The molecule has 1 aromatic carbocycles. The minimum absolute atomic E-state index is 0.315. The third-order valence-corrected chi connectivity index (χ3v) is 6.84. The number of likely N-dealkylation sites (tertiary alicyclic amines) is 1. The molecule has 156 valence electrons. The van der Waals surface area contributed by atoms with Gasteiger partial charge in [0.1, 0.15) is 11.6 Å². The van der Waals surface area contributed by atoms with E-state index < -0.39 is 0 Å². The number of hydrogen-bond acceptors (Lipinski definition) is 5. The van der Waals surface area contributed by atoms with Crippen molar-refractivity contribution in [1.82, 2.24) is 19.8 Å². The lowest BCUT2D eigenvalue weighted by Crippen LogP contribution is -2.35. The van der Waals surface area contributed by atoms with Crippen molar-refractivity contribution in [2.24, 2.45) is 0 Å². The zero-order chi connectivity index (χ0) is 20.5. The van der Waals surface area contributed by atoms with E-state index in [4.69, 9.17) is 14.7 Å². The molecule has 0 aliphatic carbocycles. The molecule has 4 rings (SSSR count). The van der Waals surface area contributed by atoms with Crippen LogP contribution in [0.2, 0.25) is 0 Å². The standard InChI is InChI=1S/C24H34N4O/c1-16-12-23(29-5)18(3)17(2)20(16)15-28-10-7-6-8-22(28)24-25-13-19-14-27(4)11-9-21(19)26-24/h12-13,22H,6-11,14-15H2,1-5H3/t22-/m0/s1. The molecule has 1 atom stereocenters. The predicted molar refractivity (Wildman–Crippen MR) is 116 cm³/mol. The summed E-state index contributed by atoms with van der Waals surface area (Å²) in [5.74, 6) is 2.01. The second-order valence-electron chi connectivity index (χ2n) is 8.79. The molecule has 1 saturated heterocycles. The number of aromatic nitrogens is 2. The van der Waals surface area contributed by atoms with Crippen LogP contribution < -0.4 is 4.74 Å². The highest BCUT2D eigenvalue weighted by atomic mass is 16.5. The fourth-order valence-electron chi connectivity index (χ4n) is 4.86. The normalized spacial score (nSPS) is 20.5. The first-order valence-electron chi connectivity index (χ1n) is 10.9. The molecule has 0 N–H and O–H groups in total. The number of ether oxygens (including phenoxy) is 1. The molecule has 0 amide bonds. The van der Waals surface area contributed by atoms with Crippen molar-refractivity contribution in [1.29, 1.82) is 0 Å². The van der Waals surface area contributed by atoms with E-state index in [9.17, 15) is 0 Å². The van der Waals surface area contributed by atoms with Crippen LogP contribution in [0.1, 0.15) is 64.6 Å². The fourth-order valence-corrected chi connectivity index (χ4v) is 4.86. The molecule has 2 aliphatic heterocycles. The summed E-state index contributed by atoms with van der Waals surface area (Å²) in [6.07, 6.45) is 6.76. The van der Waals surface area contributed by atoms with Gasteiger partial charge in [-0.25, -0.2) is 9.97 Å². The number of rotatable bonds is 4. The number of aryl methyl sites for hydroxylation is 1. The number of hydrogen-bond donors (Lipinski definition) is 0. The molecule has 5 heteroatoms. The Balaban J connectivity index is 1.62. The van der Waals surface area contributed by atoms with Crippen molar-refractivity contribution in [3.05, 3.63) is 51.6 Å². The predicted octanol–water partition coefficient (Wildman–Crippen LogP) is 4.13. The second kappa shape index (κ2) is 8.41. The largest absolute Gasteiger partial charge is 0.496 e. The summed E-state index contributed by atoms with van der Waals surface area (Å²) >= 11 is 0. The summed E-state index contributed by atoms with van der Waals surface area (Å²) in [4.78, 5) is 14.8. The first-order chi connectivity index (χ1) is 14.0. The highest BCUT2D eigenvalue weighted by Crippen LogP contribution is 2.34. The van der Waals surface area contributed by atoms with E-state index in [0.29, 0.717) is 6.04 Å². The van der Waals surface area contributed by atoms with Crippen molar-refractivity contribution >= 4 is 0 Å². The molecule has 0 bridgehead atoms. The van der Waals surface area contributed by atoms with Crippen LogP contribution >= 0.6 is 0 Å². The summed E-state index contributed by atoms with van der Waals surface area (Å²) in [7, 11) is 3.92. The fraction of sp³-hybridized carbons (Fsp3) is 0.583. The summed E-state index contributed by atoms with van der Waals surface area (Å²) in [6, 6.07) is 2.50. The maximum Gasteiger partial charge on any atom is 0.145 e. The van der Waals surface area contributed by atoms with Gasteiger partial charge in [0.25, 0.3) is 0 Å². The van der Waals surface area contributed by atoms with E-state index in [1.165, 1.54) is 46.4 Å². The van der Waals surface area contributed by atoms with Gasteiger partial charge in [-0.05, 0) is 75.5 Å². The molecule has 1 aromatic heterocycles. The van der Waals surface area contributed by atoms with Gasteiger partial charge in [-0.1, -0.05) is 6.42 Å². The van der Waals surface area contributed by atoms with E-state index in [2.05, 4.69) is 49.9 Å². The van der Waals surface area contributed by atoms with Crippen LogP contribution in [0.15, 0.2) is 12.3 Å². The third kappa shape index (κ3) is 4.03. The van der Waals surface area contributed by atoms with Gasteiger partial charge >= 0.3 is 0 Å². The van der Waals surface area contributed by atoms with Gasteiger partial charge < -0.3 is 9.64 Å². The van der Waals surface area contributed by atoms with Crippen LogP contribution in [0.5, 0.6) is 5.75 Å². The average molecular weight is 395 g/mol. The third-order valence-electron chi connectivity index (χ3n) is 6.84. The Morgan fingerprint density at radius 1 is 1.14 bits per heavy atom. The van der Waals surface area contributed by atoms with Crippen LogP contribution in [-0.4, -0.2) is 47.0 Å². The van der Waals surface area contributed by atoms with Crippen LogP contribution in [-0.2, 0) is 19.5 Å². The quantitative estimate of drug-likeness (QED) is 0.780. The van der Waals surface area contributed by atoms with Crippen LogP contribution in [0.4, 0.5) is 0 Å². The molecule has 0 saturated carbocycles. The maximum atomic E-state index is 5.57. The molecule has 29 heavy (non-hydrogen) atoms. The van der Waals surface area contributed by atoms with Gasteiger partial charge in [-0.3, -0.25) is 4.90 Å². The van der Waals surface area contributed by atoms with Gasteiger partial charge in [-0.2, -0.15) is 0 Å². The second-order valence-corrected chi connectivity index (χ2v) is 8.79. The van der Waals surface area contributed by atoms with Crippen molar-refractivity contribution in [2.75, 3.05) is 27.2 Å². The summed E-state index contributed by atoms with van der Waals surface area (Å²) in [5, 5.41) is 0. The Morgan fingerprint density at radius 2 is 1.97 bits per heavy atom. The summed E-state index contributed by atoms with van der Waals surface area (Å²) in [5.41, 5.74) is 7.88. The van der Waals surface area contributed by atoms with E-state index >= 15 is 0 Å². The topological polar surface area (TPSA) is 41.5 Å². The van der Waals surface area contributed by atoms with Gasteiger partial charge in [0, 0.05) is 43.5 Å². The Hall–Kier alpha value is -1.98. The zero-order valence-electron chi connectivity index (χ0n) is 18.6. The van der Waals surface area contributed by atoms with E-state index in [1.54, 1.807) is 7.11 Å². The van der Waals surface area contributed by atoms with Crippen LogP contribution in [0.3, 0.4) is 0 Å². The van der Waals surface area contributed by atoms with E-state index in [-0.39, 0.29) is 0 Å². The molecule has 5 nitrogen and oxygen atoms in total. The number of piperidine rings is 1. The van der Waals surface area contributed by atoms with Crippen molar-refractivity contribution in [3.8, 4) is 5.75 Å². The van der Waals surface area contributed by atoms with E-state index in [0.717, 1.165) is 50.6 Å². The van der Waals surface area contributed by atoms with Gasteiger partial charge in [0.15, 0.2) is 0 Å². The van der Waals surface area contributed by atoms with E-state index in [1.807, 2.05) is 0 Å². The first-order valence-corrected chi connectivity index (χ1v) is 10.9. The Labute approximate surface area is 175 Å². The summed E-state index contributed by atoms with van der Waals surface area (Å²) in [6.45, 7) is 10.7. The molecule has 2 aromatic rings. The Bertz CT molecular complexity index is 895. The lowest BCUT2D eigenvalue weighted by atomic mass is 9.94. The smallest absolute Gasteiger partial charge is 0.145 e. The minimum Gasteiger partial charge on any atom is -0.496 e. The molecular formula is C24H34N4O. The van der Waals surface area contributed by atoms with Gasteiger partial charge in [0.05, 0.1) is 13.2 Å². The van der Waals surface area contributed by atoms with Crippen molar-refractivity contribution < 1.29 is 4.74 Å². The highest BCUT2D eigenvalue weighted by Gasteiger charge is 2.28. The van der Waals surface area contributed by atoms with Crippen molar-refractivity contribution in [3.63, 3.8) is 0 Å². The minimum atomic E-state index is 0.315. The molecular weight excluding hydrogens is 360 g/mol. The molecule has 2 aliphatic rings. The maximum absolute atomic E-state index is 5.57. The van der Waals surface area contributed by atoms with Gasteiger partial charge in [0.2, 0.25) is 0 Å². The number of methoxy groups -OCH3 is 1. The zero-order valence-corrected chi connectivity index (χ0v) is 18.6. The number of fused-ring (bicyclic) bond motifs is 1. The number of benzene rings is 1. The molecule has 0 radical (unpaired) electrons. The molecule has 1 fully saturated rings. The molecule has 3 heterocycles. The SMILES string of the molecule is COc1cc(C)c(CN2CCCC[C@H]2c2ncc3c(n2)CCN(C)C3)c(C)c1C. The Kier molecular flexibility index (Phi) is 5.88. The number of likely N-dealkylation sites (N-methyl/N-ethyl adjacent to an activating group) is 1. The molecule has 0 spiro atoms. The monoisotopic (exact) mass is 394 g/mol. The lowest BCUT2D eigenvalue weighted by Gasteiger charge is -2.36. The first kappa shape index (κ1) is 20.3. The Morgan fingerprint density at radius 3 is 2.76 bits per heavy atom. The average Bonchev–Trinajstić information content (AvgIpc) is 2.73. The highest BCUT2D eigenvalue weighted by molar-refractivity contribution is 5.48.